The van der Waals surface area contributed by atoms with E-state index < -0.39 is 11.6 Å². The largest absolute Gasteiger partial charge is 0.326 e. The Hall–Kier alpha value is -3.48. The van der Waals surface area contributed by atoms with E-state index >= 15 is 0 Å². The van der Waals surface area contributed by atoms with Gasteiger partial charge in [-0.05, 0) is 48.7 Å². The summed E-state index contributed by atoms with van der Waals surface area (Å²) in [5, 5.41) is 5.67. The number of aromatic nitrogens is 1. The zero-order valence-corrected chi connectivity index (χ0v) is 16.6. The molecule has 1 aliphatic heterocycles. The summed E-state index contributed by atoms with van der Waals surface area (Å²) in [6.45, 7) is 0.0809. The number of amides is 4. The molecule has 2 N–H and O–H groups in total. The van der Waals surface area contributed by atoms with Crippen molar-refractivity contribution in [1.29, 1.82) is 0 Å². The molecular formula is C23H24N4O3. The Kier molecular flexibility index (Phi) is 5.61. The number of imide groups is 1. The highest BCUT2D eigenvalue weighted by Crippen LogP contribution is 2.35. The minimum atomic E-state index is -0.734. The van der Waals surface area contributed by atoms with E-state index in [1.807, 2.05) is 48.6 Å². The second kappa shape index (κ2) is 8.49. The Morgan fingerprint density at radius 1 is 1.13 bits per heavy atom. The van der Waals surface area contributed by atoms with E-state index in [2.05, 4.69) is 15.6 Å². The average Bonchev–Trinajstić information content (AvgIpc) is 3.31. The summed E-state index contributed by atoms with van der Waals surface area (Å²) in [7, 11) is 0. The number of anilines is 1. The van der Waals surface area contributed by atoms with Crippen molar-refractivity contribution in [2.24, 2.45) is 0 Å². The van der Waals surface area contributed by atoms with E-state index in [0.29, 0.717) is 18.5 Å². The number of urea groups is 1. The van der Waals surface area contributed by atoms with Gasteiger partial charge in [0.25, 0.3) is 5.91 Å². The third kappa shape index (κ3) is 4.25. The fraction of sp³-hybridized carbons (Fsp3) is 0.304. The Bertz CT molecular complexity index is 981. The van der Waals surface area contributed by atoms with Crippen LogP contribution in [0.1, 0.15) is 43.4 Å². The minimum Gasteiger partial charge on any atom is -0.326 e. The summed E-state index contributed by atoms with van der Waals surface area (Å²) in [6.07, 6.45) is 8.85. The topological polar surface area (TPSA) is 91.4 Å². The minimum absolute atomic E-state index is 0.0588. The fourth-order valence-electron chi connectivity index (χ4n) is 4.01. The van der Waals surface area contributed by atoms with Crippen LogP contribution in [0.2, 0.25) is 0 Å². The van der Waals surface area contributed by atoms with Gasteiger partial charge in [0.2, 0.25) is 5.91 Å². The van der Waals surface area contributed by atoms with Crippen LogP contribution in [0.25, 0.3) is 12.2 Å². The number of carbonyl (C=O) groups is 3. The first kappa shape index (κ1) is 19.8. The summed E-state index contributed by atoms with van der Waals surface area (Å²) < 4.78 is 0. The Balaban J connectivity index is 1.33. The van der Waals surface area contributed by atoms with E-state index in [0.717, 1.165) is 24.1 Å². The third-order valence-electron chi connectivity index (χ3n) is 5.57. The van der Waals surface area contributed by atoms with E-state index in [-0.39, 0.29) is 24.8 Å². The lowest BCUT2D eigenvalue weighted by atomic mass is 9.98. The predicted octanol–water partition coefficient (Wildman–Crippen LogP) is 3.45. The maximum absolute atomic E-state index is 12.6. The molecule has 0 radical (unpaired) electrons. The molecule has 154 valence electrons. The SMILES string of the molecule is O=C(CCN1C(=O)NC2(CCCC2)C1=O)Nc1cccc(C=Cc2ccccn2)c1. The molecule has 2 aliphatic rings. The molecule has 2 heterocycles. The van der Waals surface area contributed by atoms with E-state index in [1.54, 1.807) is 12.3 Å². The number of carbonyl (C=O) groups excluding carboxylic acids is 3. The van der Waals surface area contributed by atoms with Gasteiger partial charge in [-0.1, -0.05) is 37.1 Å². The molecule has 2 aromatic rings. The van der Waals surface area contributed by atoms with Crippen LogP contribution in [0.15, 0.2) is 48.7 Å². The second-order valence-electron chi connectivity index (χ2n) is 7.69. The quantitative estimate of drug-likeness (QED) is 0.722. The van der Waals surface area contributed by atoms with Crippen molar-refractivity contribution in [1.82, 2.24) is 15.2 Å². The molecule has 1 saturated carbocycles. The number of hydrogen-bond acceptors (Lipinski definition) is 4. The molecule has 1 aromatic heterocycles. The molecule has 1 aliphatic carbocycles. The van der Waals surface area contributed by atoms with Crippen LogP contribution in [0, 0.1) is 0 Å². The van der Waals surface area contributed by atoms with Crippen molar-refractivity contribution in [2.45, 2.75) is 37.6 Å². The molecule has 1 aromatic carbocycles. The zero-order valence-electron chi connectivity index (χ0n) is 16.6. The van der Waals surface area contributed by atoms with E-state index in [4.69, 9.17) is 0 Å². The van der Waals surface area contributed by atoms with Crippen LogP contribution in [-0.2, 0) is 9.59 Å². The van der Waals surface area contributed by atoms with E-state index in [1.165, 1.54) is 4.90 Å². The Morgan fingerprint density at radius 3 is 2.73 bits per heavy atom. The van der Waals surface area contributed by atoms with Gasteiger partial charge in [-0.15, -0.1) is 0 Å². The lowest BCUT2D eigenvalue weighted by Gasteiger charge is -2.19. The first-order valence-corrected chi connectivity index (χ1v) is 10.2. The van der Waals surface area contributed by atoms with Crippen molar-refractivity contribution in [2.75, 3.05) is 11.9 Å². The molecule has 7 heteroatoms. The molecule has 0 atom stereocenters. The van der Waals surface area contributed by atoms with Crippen molar-refractivity contribution in [3.63, 3.8) is 0 Å². The van der Waals surface area contributed by atoms with Crippen LogP contribution >= 0.6 is 0 Å². The summed E-state index contributed by atoms with van der Waals surface area (Å²) in [6, 6.07) is 12.8. The summed E-state index contributed by atoms with van der Waals surface area (Å²) >= 11 is 0. The highest BCUT2D eigenvalue weighted by Gasteiger charge is 2.52. The van der Waals surface area contributed by atoms with Gasteiger partial charge in [0.1, 0.15) is 5.54 Å². The molecule has 7 nitrogen and oxygen atoms in total. The van der Waals surface area contributed by atoms with Gasteiger partial charge in [-0.2, -0.15) is 0 Å². The molecule has 0 unspecified atom stereocenters. The number of hydrogen-bond donors (Lipinski definition) is 2. The second-order valence-corrected chi connectivity index (χ2v) is 7.69. The number of pyridine rings is 1. The van der Waals surface area contributed by atoms with Crippen molar-refractivity contribution >= 4 is 35.7 Å². The smallest absolute Gasteiger partial charge is 0.325 e. The van der Waals surface area contributed by atoms with Gasteiger partial charge in [0.15, 0.2) is 0 Å². The van der Waals surface area contributed by atoms with Gasteiger partial charge in [-0.3, -0.25) is 19.5 Å². The lowest BCUT2D eigenvalue weighted by Crippen LogP contribution is -2.44. The molecule has 4 amide bonds. The summed E-state index contributed by atoms with van der Waals surface area (Å²) in [4.78, 5) is 42.6. The first-order chi connectivity index (χ1) is 14.6. The van der Waals surface area contributed by atoms with Crippen LogP contribution in [0.5, 0.6) is 0 Å². The Morgan fingerprint density at radius 2 is 1.97 bits per heavy atom. The molecule has 1 saturated heterocycles. The van der Waals surface area contributed by atoms with Crippen LogP contribution in [0.3, 0.4) is 0 Å². The normalized spacial score (nSPS) is 17.7. The van der Waals surface area contributed by atoms with Crippen LogP contribution < -0.4 is 10.6 Å². The van der Waals surface area contributed by atoms with Crippen molar-refractivity contribution in [3.8, 4) is 0 Å². The standard InChI is InChI=1S/C23H24N4O3/c28-20(11-15-27-21(29)23(26-22(27)30)12-2-3-13-23)25-19-8-5-6-17(16-19)9-10-18-7-1-4-14-24-18/h1,4-10,14,16H,2-3,11-13,15H2,(H,25,28)(H,26,30). The monoisotopic (exact) mass is 404 g/mol. The number of rotatable bonds is 6. The maximum Gasteiger partial charge on any atom is 0.325 e. The molecule has 0 bridgehead atoms. The van der Waals surface area contributed by atoms with E-state index in [9.17, 15) is 14.4 Å². The number of benzene rings is 1. The van der Waals surface area contributed by atoms with Gasteiger partial charge in [0.05, 0.1) is 5.69 Å². The highest BCUT2D eigenvalue weighted by molar-refractivity contribution is 6.07. The fourth-order valence-corrected chi connectivity index (χ4v) is 4.01. The van der Waals surface area contributed by atoms with Crippen LogP contribution in [0.4, 0.5) is 10.5 Å². The molecule has 4 rings (SSSR count). The van der Waals surface area contributed by atoms with Crippen molar-refractivity contribution < 1.29 is 14.4 Å². The summed E-state index contributed by atoms with van der Waals surface area (Å²) in [5.41, 5.74) is 1.70. The molecule has 1 spiro atoms. The summed E-state index contributed by atoms with van der Waals surface area (Å²) in [5.74, 6) is -0.437. The van der Waals surface area contributed by atoms with Gasteiger partial charge < -0.3 is 10.6 Å². The average molecular weight is 404 g/mol. The predicted molar refractivity (Wildman–Crippen MR) is 114 cm³/mol. The molecule has 2 fully saturated rings. The lowest BCUT2D eigenvalue weighted by molar-refractivity contribution is -0.131. The molecular weight excluding hydrogens is 380 g/mol. The Labute approximate surface area is 175 Å². The van der Waals surface area contributed by atoms with Crippen LogP contribution in [-0.4, -0.2) is 39.8 Å². The third-order valence-corrected chi connectivity index (χ3v) is 5.57. The van der Waals surface area contributed by atoms with Gasteiger partial charge in [-0.25, -0.2) is 4.79 Å². The van der Waals surface area contributed by atoms with Crippen molar-refractivity contribution in [3.05, 3.63) is 59.9 Å². The van der Waals surface area contributed by atoms with Gasteiger partial charge in [0, 0.05) is 24.8 Å². The molecule has 30 heavy (non-hydrogen) atoms. The van der Waals surface area contributed by atoms with Gasteiger partial charge >= 0.3 is 6.03 Å². The first-order valence-electron chi connectivity index (χ1n) is 10.2. The zero-order chi connectivity index (χ0) is 21.0. The highest BCUT2D eigenvalue weighted by atomic mass is 16.2. The number of nitrogens with zero attached hydrogens (tertiary/aromatic N) is 2. The maximum atomic E-state index is 12.6. The number of nitrogens with one attached hydrogen (secondary N) is 2.